The first-order valence-electron chi connectivity index (χ1n) is 25.2. The molecule has 3 atom stereocenters. The number of nitrogens with one attached hydrogen (secondary N) is 2. The number of carboxylic acids is 1. The molecule has 0 radical (unpaired) electrons. The molecule has 0 aliphatic carbocycles. The summed E-state index contributed by atoms with van der Waals surface area (Å²) in [5, 5.41) is 44.6. The second-order valence-corrected chi connectivity index (χ2v) is 19.1. The number of hydrogen-bond donors (Lipinski definition) is 5. The minimum absolute atomic E-state index is 0.129. The number of carboxylic acid groups (broad SMARTS) is 1. The summed E-state index contributed by atoms with van der Waals surface area (Å²) in [5.74, 6) is -2.57. The van der Waals surface area contributed by atoms with Gasteiger partial charge in [-0.3, -0.25) is 29.3 Å². The van der Waals surface area contributed by atoms with Crippen molar-refractivity contribution in [3.8, 4) is 28.1 Å². The Kier molecular flexibility index (Phi) is 17.4. The van der Waals surface area contributed by atoms with Crippen molar-refractivity contribution in [1.29, 1.82) is 0 Å². The number of aliphatic carboxylic acids is 1. The minimum atomic E-state index is -1.24. The van der Waals surface area contributed by atoms with Gasteiger partial charge in [0.1, 0.15) is 17.6 Å². The van der Waals surface area contributed by atoms with E-state index in [0.29, 0.717) is 109 Å². The van der Waals surface area contributed by atoms with Crippen LogP contribution in [-0.2, 0) is 51.6 Å². The number of rotatable bonds is 25. The van der Waals surface area contributed by atoms with E-state index in [2.05, 4.69) is 20.9 Å². The Morgan fingerprint density at radius 1 is 0.878 bits per heavy atom. The number of para-hydroxylation sites is 1. The lowest BCUT2D eigenvalue weighted by Gasteiger charge is -2.29. The van der Waals surface area contributed by atoms with Crippen molar-refractivity contribution in [2.24, 2.45) is 0 Å². The first-order chi connectivity index (χ1) is 35.7. The average Bonchev–Trinajstić information content (AvgIpc) is 4.08. The smallest absolute Gasteiger partial charge is 0.305 e. The maximum Gasteiger partial charge on any atom is 0.305 e. The number of imide groups is 1. The number of aryl methyl sites for hydroxylation is 2. The Labute approximate surface area is 428 Å². The number of halogens is 1. The number of ether oxygens (including phenoxy) is 2. The van der Waals surface area contributed by atoms with Crippen LogP contribution in [0.15, 0.2) is 103 Å². The second-order valence-electron chi connectivity index (χ2n) is 19.1. The first-order valence-corrected chi connectivity index (χ1v) is 25.2. The van der Waals surface area contributed by atoms with Gasteiger partial charge in [0, 0.05) is 54.8 Å². The molecule has 388 valence electrons. The number of hydrogen-bond acceptors (Lipinski definition) is 11. The highest BCUT2D eigenvalue weighted by Crippen LogP contribution is 2.44. The van der Waals surface area contributed by atoms with Gasteiger partial charge in [-0.25, -0.2) is 9.07 Å². The maximum atomic E-state index is 14.7. The van der Waals surface area contributed by atoms with Crippen molar-refractivity contribution in [2.45, 2.75) is 115 Å². The standard InChI is InChI=1S/C56H62FN7O10/c1-35(2)52-51(55(71)58-40-13-4-3-5-14-40)50(53(37-18-20-39(57)21-19-37)63(52)25-24-42(65)31-43(66)32-49(68)69)38-11-6-16-44(30-38)74-28-9-15-41-33-62(61-60-41)26-29-73-27-8-12-36-10-7-17-45-46(36)34-64(56(45)72)47-22-23-48(67)59-54(47)70/h3-7,10-11,13-14,16-21,30,33,35,42-43,47,65-66H,8-9,12,15,22-29,31-32,34H2,1-2H3,(H,58,71)(H,68,69)(H,59,67,70)/t42-,43-,47?/m1/s1. The molecule has 0 saturated carbocycles. The Balaban J connectivity index is 0.896. The van der Waals surface area contributed by atoms with E-state index >= 15 is 0 Å². The van der Waals surface area contributed by atoms with Crippen LogP contribution in [0.5, 0.6) is 5.75 Å². The second kappa shape index (κ2) is 24.5. The molecule has 4 heterocycles. The Morgan fingerprint density at radius 3 is 2.41 bits per heavy atom. The highest BCUT2D eigenvalue weighted by Gasteiger charge is 2.40. The van der Waals surface area contributed by atoms with Crippen LogP contribution in [0.25, 0.3) is 22.4 Å². The predicted octanol–water partition coefficient (Wildman–Crippen LogP) is 7.33. The van der Waals surface area contributed by atoms with Gasteiger partial charge in [-0.05, 0) is 128 Å². The van der Waals surface area contributed by atoms with Crippen LogP contribution in [-0.4, -0.2) is 107 Å². The van der Waals surface area contributed by atoms with Crippen molar-refractivity contribution in [1.82, 2.24) is 29.8 Å². The number of benzene rings is 4. The van der Waals surface area contributed by atoms with E-state index in [1.165, 1.54) is 12.1 Å². The van der Waals surface area contributed by atoms with Crippen LogP contribution in [0.1, 0.15) is 108 Å². The third-order valence-electron chi connectivity index (χ3n) is 13.3. The predicted molar refractivity (Wildman–Crippen MR) is 273 cm³/mol. The zero-order valence-electron chi connectivity index (χ0n) is 41.5. The van der Waals surface area contributed by atoms with Crippen molar-refractivity contribution in [3.05, 3.63) is 143 Å². The summed E-state index contributed by atoms with van der Waals surface area (Å²) < 4.78 is 30.5. The fourth-order valence-electron chi connectivity index (χ4n) is 9.85. The van der Waals surface area contributed by atoms with Crippen LogP contribution in [0.3, 0.4) is 0 Å². The van der Waals surface area contributed by atoms with Crippen LogP contribution in [0, 0.1) is 5.82 Å². The summed E-state index contributed by atoms with van der Waals surface area (Å²) in [4.78, 5) is 64.8. The molecular formula is C56H62FN7O10. The molecule has 0 spiro atoms. The largest absolute Gasteiger partial charge is 0.494 e. The van der Waals surface area contributed by atoms with Crippen molar-refractivity contribution >= 4 is 35.3 Å². The highest BCUT2D eigenvalue weighted by molar-refractivity contribution is 6.12. The van der Waals surface area contributed by atoms with Gasteiger partial charge >= 0.3 is 5.97 Å². The molecule has 74 heavy (non-hydrogen) atoms. The zero-order chi connectivity index (χ0) is 52.3. The van der Waals surface area contributed by atoms with E-state index in [0.717, 1.165) is 23.2 Å². The maximum absolute atomic E-state index is 14.7. The number of amides is 4. The summed E-state index contributed by atoms with van der Waals surface area (Å²) >= 11 is 0. The molecule has 8 rings (SSSR count). The minimum Gasteiger partial charge on any atom is -0.494 e. The van der Waals surface area contributed by atoms with Crippen LogP contribution in [0.4, 0.5) is 10.1 Å². The van der Waals surface area contributed by atoms with Gasteiger partial charge in [0.05, 0.1) is 55.3 Å². The lowest BCUT2D eigenvalue weighted by molar-refractivity contribution is -0.140. The van der Waals surface area contributed by atoms with E-state index < -0.39 is 42.4 Å². The Morgan fingerprint density at radius 2 is 1.65 bits per heavy atom. The van der Waals surface area contributed by atoms with Gasteiger partial charge in [0.2, 0.25) is 11.8 Å². The van der Waals surface area contributed by atoms with E-state index in [9.17, 15) is 43.7 Å². The fraction of sp³-hybridized carbons (Fsp3) is 0.375. The molecule has 2 aliphatic heterocycles. The first kappa shape index (κ1) is 52.8. The quantitative estimate of drug-likeness (QED) is 0.0281. The topological polar surface area (TPSA) is 227 Å². The molecule has 1 unspecified atom stereocenters. The van der Waals surface area contributed by atoms with E-state index in [1.54, 1.807) is 39.9 Å². The van der Waals surface area contributed by atoms with Crippen molar-refractivity contribution < 1.29 is 53.2 Å². The zero-order valence-corrected chi connectivity index (χ0v) is 41.5. The molecular weight excluding hydrogens is 950 g/mol. The van der Waals surface area contributed by atoms with Crippen molar-refractivity contribution in [3.63, 3.8) is 0 Å². The number of fused-ring (bicyclic) bond motifs is 1. The van der Waals surface area contributed by atoms with E-state index in [-0.39, 0.29) is 49.4 Å². The number of carbonyl (C=O) groups is 5. The van der Waals surface area contributed by atoms with E-state index in [4.69, 9.17) is 9.47 Å². The van der Waals surface area contributed by atoms with Gasteiger partial charge < -0.3 is 39.6 Å². The number of aromatic nitrogens is 4. The number of carbonyl (C=O) groups excluding carboxylic acids is 4. The Bertz CT molecular complexity index is 2960. The monoisotopic (exact) mass is 1010 g/mol. The summed E-state index contributed by atoms with van der Waals surface area (Å²) in [6.07, 6.45) is 2.25. The molecule has 4 aromatic carbocycles. The molecule has 2 aromatic heterocycles. The number of aliphatic hydroxyl groups is 2. The number of aliphatic hydroxyl groups excluding tert-OH is 2. The van der Waals surface area contributed by atoms with Crippen LogP contribution in [0.2, 0.25) is 0 Å². The van der Waals surface area contributed by atoms with Gasteiger partial charge in [-0.1, -0.05) is 61.5 Å². The lowest BCUT2D eigenvalue weighted by Crippen LogP contribution is -2.52. The average molecular weight is 1010 g/mol. The normalized spacial score (nSPS) is 15.3. The fourth-order valence-corrected chi connectivity index (χ4v) is 9.85. The lowest BCUT2D eigenvalue weighted by atomic mass is 9.94. The third kappa shape index (κ3) is 13.0. The van der Waals surface area contributed by atoms with E-state index in [1.807, 2.05) is 79.2 Å². The van der Waals surface area contributed by atoms with Crippen LogP contribution >= 0.6 is 0 Å². The molecule has 18 heteroatoms. The van der Waals surface area contributed by atoms with Gasteiger partial charge in [0.15, 0.2) is 0 Å². The molecule has 1 fully saturated rings. The summed E-state index contributed by atoms with van der Waals surface area (Å²) in [6, 6.07) is 27.5. The molecule has 2 aliphatic rings. The number of anilines is 1. The highest BCUT2D eigenvalue weighted by atomic mass is 19.1. The summed E-state index contributed by atoms with van der Waals surface area (Å²) in [7, 11) is 0. The number of piperidine rings is 1. The molecule has 6 aromatic rings. The van der Waals surface area contributed by atoms with Gasteiger partial charge in [-0.2, -0.15) is 0 Å². The molecule has 4 amide bonds. The summed E-state index contributed by atoms with van der Waals surface area (Å²) in [6.45, 7) is 6.26. The summed E-state index contributed by atoms with van der Waals surface area (Å²) in [5.41, 5.74) is 7.50. The Hall–Kier alpha value is -7.54. The van der Waals surface area contributed by atoms with Gasteiger partial charge in [0.25, 0.3) is 11.8 Å². The number of nitrogens with zero attached hydrogens (tertiary/aromatic N) is 5. The van der Waals surface area contributed by atoms with Crippen molar-refractivity contribution in [2.75, 3.05) is 25.1 Å². The SMILES string of the molecule is CC(C)c1c(C(=O)Nc2ccccc2)c(-c2cccc(OCCCc3cn(CCOCCCc4cccc5c4CN(C4CCC(=O)NC4=O)C5=O)nn3)c2)c(-c2ccc(F)cc2)n1CC[C@@H](O)C[C@@H](O)CC(=O)O. The van der Waals surface area contributed by atoms with Crippen LogP contribution < -0.4 is 15.4 Å². The van der Waals surface area contributed by atoms with Gasteiger partial charge in [-0.15, -0.1) is 5.10 Å². The molecule has 17 nitrogen and oxygen atoms in total. The molecule has 1 saturated heterocycles. The third-order valence-corrected chi connectivity index (χ3v) is 13.3. The molecule has 5 N–H and O–H groups in total. The molecule has 0 bridgehead atoms.